The Bertz CT molecular complexity index is 352. The van der Waals surface area contributed by atoms with Crippen LogP contribution in [0.5, 0.6) is 0 Å². The van der Waals surface area contributed by atoms with Crippen LogP contribution in [-0.4, -0.2) is 24.3 Å². The van der Waals surface area contributed by atoms with Crippen LogP contribution in [0.4, 0.5) is 0 Å². The number of aliphatic hydroxyl groups is 1. The molecule has 0 heterocycles. The van der Waals surface area contributed by atoms with Gasteiger partial charge in [-0.15, -0.1) is 0 Å². The summed E-state index contributed by atoms with van der Waals surface area (Å²) in [5.74, 6) is 1.68. The monoisotopic (exact) mass is 261 g/mol. The van der Waals surface area contributed by atoms with E-state index in [-0.39, 0.29) is 12.6 Å². The third-order valence-electron chi connectivity index (χ3n) is 4.29. The standard InChI is InChI=1S/C17H27NO/c1-14-6-5-9-16(10-14)12-18-17(13-19)11-15-7-3-2-4-8-15/h2-4,7-8,14,16-19H,5-6,9-13H2,1H3/t14?,16?,17-/m0/s1. The largest absolute Gasteiger partial charge is 0.395 e. The summed E-state index contributed by atoms with van der Waals surface area (Å²) in [6.07, 6.45) is 6.37. The molecule has 2 N–H and O–H groups in total. The number of hydrogen-bond donors (Lipinski definition) is 2. The fraction of sp³-hybridized carbons (Fsp3) is 0.647. The molecule has 1 fully saturated rings. The predicted octanol–water partition coefficient (Wildman–Crippen LogP) is 3.01. The van der Waals surface area contributed by atoms with Crippen LogP contribution in [0.2, 0.25) is 0 Å². The number of nitrogens with one attached hydrogen (secondary N) is 1. The second-order valence-electron chi connectivity index (χ2n) is 6.12. The molecule has 1 aliphatic carbocycles. The first kappa shape index (κ1) is 14.5. The van der Waals surface area contributed by atoms with Gasteiger partial charge < -0.3 is 10.4 Å². The lowest BCUT2D eigenvalue weighted by Crippen LogP contribution is -2.38. The number of rotatable bonds is 6. The summed E-state index contributed by atoms with van der Waals surface area (Å²) in [6, 6.07) is 10.6. The average Bonchev–Trinajstić information content (AvgIpc) is 2.44. The van der Waals surface area contributed by atoms with E-state index in [9.17, 15) is 5.11 Å². The van der Waals surface area contributed by atoms with Crippen molar-refractivity contribution in [2.24, 2.45) is 11.8 Å². The van der Waals surface area contributed by atoms with Gasteiger partial charge in [0.05, 0.1) is 6.61 Å². The van der Waals surface area contributed by atoms with Crippen LogP contribution in [0.25, 0.3) is 0 Å². The molecule has 0 amide bonds. The molecule has 0 aromatic heterocycles. The van der Waals surface area contributed by atoms with Crippen molar-refractivity contribution in [3.63, 3.8) is 0 Å². The molecule has 19 heavy (non-hydrogen) atoms. The highest BCUT2D eigenvalue weighted by molar-refractivity contribution is 5.15. The molecule has 0 aliphatic heterocycles. The summed E-state index contributed by atoms with van der Waals surface area (Å²) < 4.78 is 0. The summed E-state index contributed by atoms with van der Waals surface area (Å²) in [4.78, 5) is 0. The molecule has 0 spiro atoms. The topological polar surface area (TPSA) is 32.3 Å². The first-order chi connectivity index (χ1) is 9.28. The third-order valence-corrected chi connectivity index (χ3v) is 4.29. The molecule has 0 saturated heterocycles. The number of aliphatic hydroxyl groups excluding tert-OH is 1. The van der Waals surface area contributed by atoms with Gasteiger partial charge in [-0.3, -0.25) is 0 Å². The van der Waals surface area contributed by atoms with E-state index >= 15 is 0 Å². The van der Waals surface area contributed by atoms with Crippen LogP contribution < -0.4 is 5.32 Å². The van der Waals surface area contributed by atoms with Gasteiger partial charge in [-0.25, -0.2) is 0 Å². The molecule has 1 aromatic rings. The zero-order valence-corrected chi connectivity index (χ0v) is 12.0. The molecule has 0 radical (unpaired) electrons. The van der Waals surface area contributed by atoms with Gasteiger partial charge in [-0.2, -0.15) is 0 Å². The van der Waals surface area contributed by atoms with E-state index in [1.165, 1.54) is 31.2 Å². The molecule has 2 rings (SSSR count). The molecular weight excluding hydrogens is 234 g/mol. The maximum absolute atomic E-state index is 9.51. The minimum atomic E-state index is 0.194. The number of hydrogen-bond acceptors (Lipinski definition) is 2. The maximum Gasteiger partial charge on any atom is 0.0587 e. The summed E-state index contributed by atoms with van der Waals surface area (Å²) >= 11 is 0. The molecule has 2 unspecified atom stereocenters. The summed E-state index contributed by atoms with van der Waals surface area (Å²) in [5, 5.41) is 13.1. The van der Waals surface area contributed by atoms with Gasteiger partial charge in [0.15, 0.2) is 0 Å². The first-order valence-corrected chi connectivity index (χ1v) is 7.66. The van der Waals surface area contributed by atoms with Gasteiger partial charge in [-0.1, -0.05) is 50.1 Å². The highest BCUT2D eigenvalue weighted by Gasteiger charge is 2.19. The fourth-order valence-corrected chi connectivity index (χ4v) is 3.18. The summed E-state index contributed by atoms with van der Waals surface area (Å²) in [5.41, 5.74) is 1.30. The molecule has 1 aromatic carbocycles. The predicted molar refractivity (Wildman–Crippen MR) is 80.1 cm³/mol. The second kappa shape index (κ2) is 7.66. The third kappa shape index (κ3) is 4.96. The second-order valence-corrected chi connectivity index (χ2v) is 6.12. The van der Waals surface area contributed by atoms with Crippen molar-refractivity contribution in [3.05, 3.63) is 35.9 Å². The molecule has 1 saturated carbocycles. The zero-order chi connectivity index (χ0) is 13.5. The fourth-order valence-electron chi connectivity index (χ4n) is 3.18. The molecule has 2 heteroatoms. The van der Waals surface area contributed by atoms with Crippen LogP contribution in [-0.2, 0) is 6.42 Å². The van der Waals surface area contributed by atoms with Crippen molar-refractivity contribution in [1.29, 1.82) is 0 Å². The quantitative estimate of drug-likeness (QED) is 0.825. The van der Waals surface area contributed by atoms with Crippen LogP contribution >= 0.6 is 0 Å². The molecule has 1 aliphatic rings. The Labute approximate surface area is 117 Å². The van der Waals surface area contributed by atoms with Crippen LogP contribution in [0.3, 0.4) is 0 Å². The van der Waals surface area contributed by atoms with Gasteiger partial charge >= 0.3 is 0 Å². The Hall–Kier alpha value is -0.860. The first-order valence-electron chi connectivity index (χ1n) is 7.66. The Balaban J connectivity index is 1.76. The van der Waals surface area contributed by atoms with E-state index in [0.717, 1.165) is 24.8 Å². The molecular formula is C17H27NO. The van der Waals surface area contributed by atoms with Crippen molar-refractivity contribution < 1.29 is 5.11 Å². The lowest BCUT2D eigenvalue weighted by Gasteiger charge is -2.28. The lowest BCUT2D eigenvalue weighted by molar-refractivity contribution is 0.218. The minimum absolute atomic E-state index is 0.194. The summed E-state index contributed by atoms with van der Waals surface area (Å²) in [7, 11) is 0. The van der Waals surface area contributed by atoms with Crippen molar-refractivity contribution in [2.75, 3.05) is 13.2 Å². The normalized spacial score (nSPS) is 25.2. The van der Waals surface area contributed by atoms with Crippen molar-refractivity contribution in [3.8, 4) is 0 Å². The summed E-state index contributed by atoms with van der Waals surface area (Å²) in [6.45, 7) is 3.64. The Morgan fingerprint density at radius 2 is 2.05 bits per heavy atom. The maximum atomic E-state index is 9.51. The van der Waals surface area contributed by atoms with Gasteiger partial charge in [-0.05, 0) is 43.2 Å². The Kier molecular flexibility index (Phi) is 5.87. The zero-order valence-electron chi connectivity index (χ0n) is 12.0. The van der Waals surface area contributed by atoms with E-state index in [1.807, 2.05) is 6.07 Å². The van der Waals surface area contributed by atoms with Gasteiger partial charge in [0, 0.05) is 6.04 Å². The SMILES string of the molecule is CC1CCCC(CN[C@H](CO)Cc2ccccc2)C1. The Morgan fingerprint density at radius 3 is 2.74 bits per heavy atom. The van der Waals surface area contributed by atoms with E-state index < -0.39 is 0 Å². The van der Waals surface area contributed by atoms with E-state index in [0.29, 0.717) is 0 Å². The Morgan fingerprint density at radius 1 is 1.26 bits per heavy atom. The minimum Gasteiger partial charge on any atom is -0.395 e. The van der Waals surface area contributed by atoms with Crippen LogP contribution in [0, 0.1) is 11.8 Å². The highest BCUT2D eigenvalue weighted by atomic mass is 16.3. The highest BCUT2D eigenvalue weighted by Crippen LogP contribution is 2.28. The van der Waals surface area contributed by atoms with Gasteiger partial charge in [0.1, 0.15) is 0 Å². The van der Waals surface area contributed by atoms with Crippen LogP contribution in [0.1, 0.15) is 38.2 Å². The molecule has 3 atom stereocenters. The van der Waals surface area contributed by atoms with E-state index in [2.05, 4.69) is 36.5 Å². The smallest absolute Gasteiger partial charge is 0.0587 e. The molecule has 2 nitrogen and oxygen atoms in total. The van der Waals surface area contributed by atoms with Crippen molar-refractivity contribution in [2.45, 2.75) is 45.1 Å². The van der Waals surface area contributed by atoms with E-state index in [4.69, 9.17) is 0 Å². The van der Waals surface area contributed by atoms with Crippen LogP contribution in [0.15, 0.2) is 30.3 Å². The lowest BCUT2D eigenvalue weighted by atomic mass is 9.82. The van der Waals surface area contributed by atoms with Crippen molar-refractivity contribution >= 4 is 0 Å². The van der Waals surface area contributed by atoms with Crippen molar-refractivity contribution in [1.82, 2.24) is 5.32 Å². The van der Waals surface area contributed by atoms with Gasteiger partial charge in [0.2, 0.25) is 0 Å². The van der Waals surface area contributed by atoms with Gasteiger partial charge in [0.25, 0.3) is 0 Å². The molecule has 106 valence electrons. The molecule has 0 bridgehead atoms. The number of benzene rings is 1. The van der Waals surface area contributed by atoms with E-state index in [1.54, 1.807) is 0 Å². The average molecular weight is 261 g/mol.